The highest BCUT2D eigenvalue weighted by molar-refractivity contribution is 5.75. The summed E-state index contributed by atoms with van der Waals surface area (Å²) >= 11 is 0. The first-order valence-electron chi connectivity index (χ1n) is 5.35. The van der Waals surface area contributed by atoms with E-state index in [2.05, 4.69) is 4.90 Å². The van der Waals surface area contributed by atoms with Crippen LogP contribution in [0.5, 0.6) is 0 Å². The largest absolute Gasteiger partial charge is 0.465 e. The van der Waals surface area contributed by atoms with Gasteiger partial charge in [-0.25, -0.2) is 0 Å². The molecule has 0 spiro atoms. The normalized spacial score (nSPS) is 24.9. The molecule has 0 aromatic heterocycles. The van der Waals surface area contributed by atoms with Crippen LogP contribution in [0.15, 0.2) is 0 Å². The molecule has 4 heteroatoms. The van der Waals surface area contributed by atoms with Crippen molar-refractivity contribution < 1.29 is 9.53 Å². The number of hydrogen-bond donors (Lipinski definition) is 1. The van der Waals surface area contributed by atoms with Gasteiger partial charge in [-0.3, -0.25) is 9.69 Å². The standard InChI is InChI=1S/C10H20N2O2/c1-3-9(10(13)14-4-2)12-6-5-8(11)7-12/h8-9H,3-7,11H2,1-2H3/t8-,9?/m1/s1. The number of esters is 1. The first-order chi connectivity index (χ1) is 6.69. The van der Waals surface area contributed by atoms with Crippen molar-refractivity contribution in [2.45, 2.75) is 38.8 Å². The summed E-state index contributed by atoms with van der Waals surface area (Å²) in [6.45, 7) is 6.02. The summed E-state index contributed by atoms with van der Waals surface area (Å²) in [7, 11) is 0. The third-order valence-electron chi connectivity index (χ3n) is 2.64. The van der Waals surface area contributed by atoms with Crippen LogP contribution in [0.25, 0.3) is 0 Å². The van der Waals surface area contributed by atoms with Gasteiger partial charge in [0, 0.05) is 19.1 Å². The minimum Gasteiger partial charge on any atom is -0.465 e. The zero-order valence-electron chi connectivity index (χ0n) is 9.03. The number of likely N-dealkylation sites (tertiary alicyclic amines) is 1. The van der Waals surface area contributed by atoms with Gasteiger partial charge in [0.15, 0.2) is 0 Å². The smallest absolute Gasteiger partial charge is 0.323 e. The van der Waals surface area contributed by atoms with E-state index in [1.165, 1.54) is 0 Å². The summed E-state index contributed by atoms with van der Waals surface area (Å²) in [4.78, 5) is 13.7. The van der Waals surface area contributed by atoms with Gasteiger partial charge in [-0.1, -0.05) is 6.92 Å². The Bertz CT molecular complexity index is 197. The van der Waals surface area contributed by atoms with Gasteiger partial charge in [0.05, 0.1) is 6.61 Å². The Hall–Kier alpha value is -0.610. The summed E-state index contributed by atoms with van der Waals surface area (Å²) < 4.78 is 5.02. The molecule has 1 fully saturated rings. The first-order valence-corrected chi connectivity index (χ1v) is 5.35. The van der Waals surface area contributed by atoms with Gasteiger partial charge >= 0.3 is 5.97 Å². The van der Waals surface area contributed by atoms with Crippen molar-refractivity contribution in [1.82, 2.24) is 4.90 Å². The Balaban J connectivity index is 2.49. The third-order valence-corrected chi connectivity index (χ3v) is 2.64. The van der Waals surface area contributed by atoms with Crippen LogP contribution in [-0.2, 0) is 9.53 Å². The fourth-order valence-electron chi connectivity index (χ4n) is 1.91. The Labute approximate surface area is 85.4 Å². The zero-order chi connectivity index (χ0) is 10.6. The van der Waals surface area contributed by atoms with E-state index in [4.69, 9.17) is 10.5 Å². The van der Waals surface area contributed by atoms with E-state index in [1.54, 1.807) is 0 Å². The summed E-state index contributed by atoms with van der Waals surface area (Å²) in [6.07, 6.45) is 1.78. The van der Waals surface area contributed by atoms with Gasteiger partial charge in [-0.15, -0.1) is 0 Å². The van der Waals surface area contributed by atoms with Crippen molar-refractivity contribution >= 4 is 5.97 Å². The predicted octanol–water partition coefficient (Wildman–Crippen LogP) is 0.361. The molecule has 4 nitrogen and oxygen atoms in total. The Morgan fingerprint density at radius 1 is 1.64 bits per heavy atom. The molecule has 2 atom stereocenters. The average molecular weight is 200 g/mol. The lowest BCUT2D eigenvalue weighted by molar-refractivity contribution is -0.149. The van der Waals surface area contributed by atoms with E-state index in [1.807, 2.05) is 13.8 Å². The minimum atomic E-state index is -0.107. The van der Waals surface area contributed by atoms with Crippen LogP contribution in [0.2, 0.25) is 0 Å². The van der Waals surface area contributed by atoms with E-state index < -0.39 is 0 Å². The molecule has 14 heavy (non-hydrogen) atoms. The van der Waals surface area contributed by atoms with Crippen molar-refractivity contribution in [3.8, 4) is 0 Å². The number of hydrogen-bond acceptors (Lipinski definition) is 4. The average Bonchev–Trinajstić information content (AvgIpc) is 2.54. The maximum absolute atomic E-state index is 11.6. The number of nitrogens with two attached hydrogens (primary N) is 1. The number of nitrogens with zero attached hydrogens (tertiary/aromatic N) is 1. The van der Waals surface area contributed by atoms with Gasteiger partial charge in [0.1, 0.15) is 6.04 Å². The molecule has 0 aliphatic carbocycles. The number of carbonyl (C=O) groups is 1. The van der Waals surface area contributed by atoms with Crippen molar-refractivity contribution in [2.75, 3.05) is 19.7 Å². The molecule has 0 bridgehead atoms. The molecule has 0 aromatic carbocycles. The molecule has 1 heterocycles. The highest BCUT2D eigenvalue weighted by Crippen LogP contribution is 2.14. The fourth-order valence-corrected chi connectivity index (χ4v) is 1.91. The van der Waals surface area contributed by atoms with Gasteiger partial charge in [0.25, 0.3) is 0 Å². The van der Waals surface area contributed by atoms with Gasteiger partial charge in [0.2, 0.25) is 0 Å². The monoisotopic (exact) mass is 200 g/mol. The maximum Gasteiger partial charge on any atom is 0.323 e. The van der Waals surface area contributed by atoms with Crippen molar-refractivity contribution in [3.63, 3.8) is 0 Å². The van der Waals surface area contributed by atoms with Crippen LogP contribution >= 0.6 is 0 Å². The van der Waals surface area contributed by atoms with Crippen LogP contribution in [0.1, 0.15) is 26.7 Å². The topological polar surface area (TPSA) is 55.6 Å². The van der Waals surface area contributed by atoms with E-state index in [0.717, 1.165) is 25.9 Å². The maximum atomic E-state index is 11.6. The Kier molecular flexibility index (Phi) is 4.35. The molecule has 1 aliphatic heterocycles. The third kappa shape index (κ3) is 2.69. The van der Waals surface area contributed by atoms with Crippen LogP contribution in [0.4, 0.5) is 0 Å². The molecular formula is C10H20N2O2. The van der Waals surface area contributed by atoms with E-state index >= 15 is 0 Å². The fraction of sp³-hybridized carbons (Fsp3) is 0.900. The lowest BCUT2D eigenvalue weighted by Gasteiger charge is -2.24. The number of ether oxygens (including phenoxy) is 1. The van der Waals surface area contributed by atoms with Crippen LogP contribution in [0, 0.1) is 0 Å². The molecule has 1 unspecified atom stereocenters. The summed E-state index contributed by atoms with van der Waals surface area (Å²) in [6, 6.07) is 0.127. The summed E-state index contributed by atoms with van der Waals surface area (Å²) in [5.41, 5.74) is 5.80. The molecule has 0 radical (unpaired) electrons. The quantitative estimate of drug-likeness (QED) is 0.666. The minimum absolute atomic E-state index is 0.0940. The van der Waals surface area contributed by atoms with Gasteiger partial charge in [-0.2, -0.15) is 0 Å². The van der Waals surface area contributed by atoms with Crippen LogP contribution in [0.3, 0.4) is 0 Å². The zero-order valence-corrected chi connectivity index (χ0v) is 9.03. The van der Waals surface area contributed by atoms with Gasteiger partial charge < -0.3 is 10.5 Å². The first kappa shape index (κ1) is 11.5. The second-order valence-corrected chi connectivity index (χ2v) is 3.72. The summed E-state index contributed by atoms with van der Waals surface area (Å²) in [5.74, 6) is -0.107. The number of carbonyl (C=O) groups excluding carboxylic acids is 1. The van der Waals surface area contributed by atoms with Crippen molar-refractivity contribution in [3.05, 3.63) is 0 Å². The van der Waals surface area contributed by atoms with E-state index in [9.17, 15) is 4.79 Å². The molecule has 1 saturated heterocycles. The molecule has 0 saturated carbocycles. The van der Waals surface area contributed by atoms with E-state index in [0.29, 0.717) is 6.61 Å². The van der Waals surface area contributed by atoms with Gasteiger partial charge in [-0.05, 0) is 19.8 Å². The van der Waals surface area contributed by atoms with Crippen molar-refractivity contribution in [2.24, 2.45) is 5.73 Å². The molecular weight excluding hydrogens is 180 g/mol. The second kappa shape index (κ2) is 5.32. The highest BCUT2D eigenvalue weighted by Gasteiger charge is 2.30. The SMILES string of the molecule is CCOC(=O)C(CC)N1CC[C@@H](N)C1. The molecule has 0 aromatic rings. The van der Waals surface area contributed by atoms with Crippen molar-refractivity contribution in [1.29, 1.82) is 0 Å². The highest BCUT2D eigenvalue weighted by atomic mass is 16.5. The Morgan fingerprint density at radius 2 is 2.36 bits per heavy atom. The lowest BCUT2D eigenvalue weighted by Crippen LogP contribution is -2.41. The molecule has 0 amide bonds. The predicted molar refractivity (Wildman–Crippen MR) is 54.9 cm³/mol. The van der Waals surface area contributed by atoms with Crippen LogP contribution in [-0.4, -0.2) is 42.6 Å². The second-order valence-electron chi connectivity index (χ2n) is 3.72. The lowest BCUT2D eigenvalue weighted by atomic mass is 10.2. The molecule has 82 valence electrons. The Morgan fingerprint density at radius 3 is 2.79 bits per heavy atom. The number of rotatable bonds is 4. The van der Waals surface area contributed by atoms with Crippen LogP contribution < -0.4 is 5.73 Å². The van der Waals surface area contributed by atoms with E-state index in [-0.39, 0.29) is 18.1 Å². The molecule has 1 rings (SSSR count). The summed E-state index contributed by atoms with van der Waals surface area (Å²) in [5, 5.41) is 0. The molecule has 1 aliphatic rings. The molecule has 2 N–H and O–H groups in total.